The summed E-state index contributed by atoms with van der Waals surface area (Å²) in [6, 6.07) is 16.4. The zero-order valence-electron chi connectivity index (χ0n) is 14.2. The van der Waals surface area contributed by atoms with Crippen molar-refractivity contribution in [1.82, 2.24) is 5.43 Å². The topological polar surface area (TPSA) is 66.6 Å². The molecule has 0 spiro atoms. The van der Waals surface area contributed by atoms with Crippen molar-refractivity contribution < 1.29 is 9.21 Å². The third-order valence-corrected chi connectivity index (χ3v) is 5.56. The fourth-order valence-corrected chi connectivity index (χ4v) is 3.60. The molecular formula is C19H15BrClN3O2S. The predicted molar refractivity (Wildman–Crippen MR) is 113 cm³/mol. The minimum absolute atomic E-state index is 0.448. The second-order valence-electron chi connectivity index (χ2n) is 5.50. The normalized spacial score (nSPS) is 10.9. The molecule has 1 aromatic heterocycles. The van der Waals surface area contributed by atoms with Crippen LogP contribution in [0, 0.1) is 6.92 Å². The maximum atomic E-state index is 11.9. The van der Waals surface area contributed by atoms with Gasteiger partial charge in [0.2, 0.25) is 0 Å². The van der Waals surface area contributed by atoms with Crippen molar-refractivity contribution in [3.05, 3.63) is 75.4 Å². The van der Waals surface area contributed by atoms with Gasteiger partial charge in [-0.2, -0.15) is 5.10 Å². The monoisotopic (exact) mass is 463 g/mol. The lowest BCUT2D eigenvalue weighted by Gasteiger charge is -2.05. The third-order valence-electron chi connectivity index (χ3n) is 3.39. The Morgan fingerprint density at radius 1 is 1.22 bits per heavy atom. The Balaban J connectivity index is 1.58. The van der Waals surface area contributed by atoms with Crippen LogP contribution in [-0.4, -0.2) is 12.2 Å². The standard InChI is InChI=1S/C19H15BrClN3O2S/c1-12-6-8-14(9-7-12)27-18-15(20)10-13(26-18)11-22-24-19(25)23-17-5-3-2-4-16(17)21/h2-11H,1H3,(H2,23,24,25)/b22-11+. The number of urea groups is 1. The Morgan fingerprint density at radius 3 is 2.70 bits per heavy atom. The fourth-order valence-electron chi connectivity index (χ4n) is 2.08. The average molecular weight is 465 g/mol. The predicted octanol–water partition coefficient (Wildman–Crippen LogP) is 6.31. The first-order valence-corrected chi connectivity index (χ1v) is 9.88. The number of anilines is 1. The van der Waals surface area contributed by atoms with Gasteiger partial charge in [0.15, 0.2) is 5.09 Å². The summed E-state index contributed by atoms with van der Waals surface area (Å²) in [6.45, 7) is 2.04. The summed E-state index contributed by atoms with van der Waals surface area (Å²) < 4.78 is 6.56. The average Bonchev–Trinajstić information content (AvgIpc) is 2.98. The zero-order valence-corrected chi connectivity index (χ0v) is 17.4. The summed E-state index contributed by atoms with van der Waals surface area (Å²) in [5.41, 5.74) is 4.07. The summed E-state index contributed by atoms with van der Waals surface area (Å²) in [4.78, 5) is 12.9. The summed E-state index contributed by atoms with van der Waals surface area (Å²) in [6.07, 6.45) is 1.43. The molecule has 27 heavy (non-hydrogen) atoms. The van der Waals surface area contributed by atoms with E-state index in [4.69, 9.17) is 16.0 Å². The van der Waals surface area contributed by atoms with Gasteiger partial charge in [-0.25, -0.2) is 10.2 Å². The summed E-state index contributed by atoms with van der Waals surface area (Å²) >= 11 is 11.0. The van der Waals surface area contributed by atoms with E-state index in [2.05, 4.69) is 31.8 Å². The van der Waals surface area contributed by atoms with Crippen molar-refractivity contribution in [2.75, 3.05) is 5.32 Å². The van der Waals surface area contributed by atoms with Crippen LogP contribution in [0.4, 0.5) is 10.5 Å². The molecule has 3 aromatic rings. The molecule has 0 bridgehead atoms. The number of hydrogen-bond acceptors (Lipinski definition) is 4. The number of amides is 2. The van der Waals surface area contributed by atoms with Crippen molar-refractivity contribution in [3.63, 3.8) is 0 Å². The van der Waals surface area contributed by atoms with Gasteiger partial charge in [0, 0.05) is 11.0 Å². The molecule has 0 unspecified atom stereocenters. The van der Waals surface area contributed by atoms with Crippen LogP contribution < -0.4 is 10.7 Å². The van der Waals surface area contributed by atoms with Gasteiger partial charge >= 0.3 is 6.03 Å². The number of halogens is 2. The highest BCUT2D eigenvalue weighted by molar-refractivity contribution is 9.10. The zero-order chi connectivity index (χ0) is 19.2. The van der Waals surface area contributed by atoms with E-state index in [1.54, 1.807) is 30.3 Å². The Kier molecular flexibility index (Phi) is 6.60. The first kappa shape index (κ1) is 19.5. The molecule has 2 amide bonds. The van der Waals surface area contributed by atoms with Gasteiger partial charge in [-0.1, -0.05) is 53.2 Å². The number of carbonyl (C=O) groups excluding carboxylic acids is 1. The van der Waals surface area contributed by atoms with Crippen molar-refractivity contribution in [2.45, 2.75) is 16.9 Å². The van der Waals surface area contributed by atoms with Crippen molar-refractivity contribution in [2.24, 2.45) is 5.10 Å². The smallest absolute Gasteiger partial charge is 0.339 e. The van der Waals surface area contributed by atoms with Gasteiger partial charge in [-0.15, -0.1) is 0 Å². The molecule has 0 aliphatic heterocycles. The minimum atomic E-state index is -0.501. The first-order chi connectivity index (χ1) is 13.0. The Morgan fingerprint density at radius 2 is 1.96 bits per heavy atom. The highest BCUT2D eigenvalue weighted by atomic mass is 79.9. The SMILES string of the molecule is Cc1ccc(Sc2oc(/C=N/NC(=O)Nc3ccccc3Cl)cc2Br)cc1. The number of aryl methyl sites for hydroxylation is 1. The second-order valence-corrected chi connectivity index (χ2v) is 7.81. The molecule has 0 aliphatic rings. The Labute approximate surface area is 174 Å². The number of hydrazone groups is 1. The van der Waals surface area contributed by atoms with Gasteiger partial charge in [0.25, 0.3) is 0 Å². The number of benzene rings is 2. The molecule has 0 fully saturated rings. The number of rotatable bonds is 5. The molecule has 2 N–H and O–H groups in total. The lowest BCUT2D eigenvalue weighted by Crippen LogP contribution is -2.24. The molecule has 0 saturated heterocycles. The number of nitrogens with zero attached hydrogens (tertiary/aromatic N) is 1. The minimum Gasteiger partial charge on any atom is -0.447 e. The number of furan rings is 1. The number of para-hydroxylation sites is 1. The molecule has 5 nitrogen and oxygen atoms in total. The highest BCUT2D eigenvalue weighted by Gasteiger charge is 2.10. The van der Waals surface area contributed by atoms with Crippen LogP contribution in [0.1, 0.15) is 11.3 Å². The summed E-state index contributed by atoms with van der Waals surface area (Å²) in [5.74, 6) is 0.509. The van der Waals surface area contributed by atoms with Gasteiger partial charge in [0.1, 0.15) is 5.76 Å². The lowest BCUT2D eigenvalue weighted by molar-refractivity contribution is 0.252. The van der Waals surface area contributed by atoms with Crippen molar-refractivity contribution >= 4 is 57.2 Å². The molecule has 0 atom stereocenters. The molecule has 8 heteroatoms. The van der Waals surface area contributed by atoms with E-state index in [1.165, 1.54) is 23.5 Å². The molecule has 2 aromatic carbocycles. The molecule has 1 heterocycles. The Hall–Kier alpha value is -2.22. The molecule has 0 radical (unpaired) electrons. The van der Waals surface area contributed by atoms with Crippen LogP contribution in [0.15, 0.2) is 78.6 Å². The van der Waals surface area contributed by atoms with E-state index in [-0.39, 0.29) is 0 Å². The van der Waals surface area contributed by atoms with Gasteiger partial charge < -0.3 is 9.73 Å². The third kappa shape index (κ3) is 5.63. The van der Waals surface area contributed by atoms with Crippen molar-refractivity contribution in [1.29, 1.82) is 0 Å². The van der Waals surface area contributed by atoms with Crippen LogP contribution in [0.3, 0.4) is 0 Å². The van der Waals surface area contributed by atoms with E-state index >= 15 is 0 Å². The van der Waals surface area contributed by atoms with Crippen LogP contribution in [0.2, 0.25) is 5.02 Å². The maximum absolute atomic E-state index is 11.9. The maximum Gasteiger partial charge on any atom is 0.339 e. The van der Waals surface area contributed by atoms with Crippen LogP contribution in [0.5, 0.6) is 0 Å². The highest BCUT2D eigenvalue weighted by Crippen LogP contribution is 2.35. The van der Waals surface area contributed by atoms with E-state index in [0.29, 0.717) is 21.6 Å². The van der Waals surface area contributed by atoms with E-state index in [1.807, 2.05) is 31.2 Å². The van der Waals surface area contributed by atoms with E-state index < -0.39 is 6.03 Å². The van der Waals surface area contributed by atoms with Crippen LogP contribution >= 0.6 is 39.3 Å². The Bertz CT molecular complexity index is 973. The summed E-state index contributed by atoms with van der Waals surface area (Å²) in [7, 11) is 0. The largest absolute Gasteiger partial charge is 0.447 e. The van der Waals surface area contributed by atoms with Gasteiger partial charge in [0.05, 0.1) is 21.4 Å². The van der Waals surface area contributed by atoms with E-state index in [9.17, 15) is 4.79 Å². The molecule has 0 aliphatic carbocycles. The molecular weight excluding hydrogens is 450 g/mol. The molecule has 138 valence electrons. The number of hydrogen-bond donors (Lipinski definition) is 2. The molecule has 3 rings (SSSR count). The van der Waals surface area contributed by atoms with Gasteiger partial charge in [-0.05, 0) is 47.1 Å². The lowest BCUT2D eigenvalue weighted by atomic mass is 10.2. The number of nitrogens with one attached hydrogen (secondary N) is 2. The second kappa shape index (κ2) is 9.12. The van der Waals surface area contributed by atoms with Crippen LogP contribution in [-0.2, 0) is 0 Å². The van der Waals surface area contributed by atoms with E-state index in [0.717, 1.165) is 9.37 Å². The first-order valence-electron chi connectivity index (χ1n) is 7.90. The fraction of sp³-hybridized carbons (Fsp3) is 0.0526. The van der Waals surface area contributed by atoms with Gasteiger partial charge in [-0.3, -0.25) is 0 Å². The number of carbonyl (C=O) groups is 1. The summed E-state index contributed by atoms with van der Waals surface area (Å²) in [5, 5.41) is 7.65. The quantitative estimate of drug-likeness (QED) is 0.343. The van der Waals surface area contributed by atoms with Crippen LogP contribution in [0.25, 0.3) is 0 Å². The van der Waals surface area contributed by atoms with Crippen molar-refractivity contribution in [3.8, 4) is 0 Å². The molecule has 0 saturated carbocycles.